The summed E-state index contributed by atoms with van der Waals surface area (Å²) in [4.78, 5) is 11.5. The van der Waals surface area contributed by atoms with Gasteiger partial charge in [-0.3, -0.25) is 4.79 Å². The number of fused-ring (bicyclic) bond motifs is 1. The average Bonchev–Trinajstić information content (AvgIpc) is 3.33. The zero-order chi connectivity index (χ0) is 23.0. The van der Waals surface area contributed by atoms with Gasteiger partial charge in [-0.1, -0.05) is 11.6 Å². The van der Waals surface area contributed by atoms with E-state index in [0.717, 1.165) is 11.3 Å². The Kier molecular flexibility index (Phi) is 5.55. The quantitative estimate of drug-likeness (QED) is 0.461. The summed E-state index contributed by atoms with van der Waals surface area (Å²) in [6.45, 7) is 1.81. The van der Waals surface area contributed by atoms with Crippen LogP contribution in [0, 0.1) is 18.3 Å². The SMILES string of the molecule is Cc1c(CC(=O)O)c2ccc(C#N)cn2c1Cc1cccn1S(=O)(=O)c1ccc(Cl)cc1. The molecule has 0 saturated carbocycles. The zero-order valence-electron chi connectivity index (χ0n) is 17.0. The van der Waals surface area contributed by atoms with Gasteiger partial charge in [-0.25, -0.2) is 12.4 Å². The summed E-state index contributed by atoms with van der Waals surface area (Å²) in [6.07, 6.45) is 3.17. The summed E-state index contributed by atoms with van der Waals surface area (Å²) < 4.78 is 29.4. The van der Waals surface area contributed by atoms with Gasteiger partial charge < -0.3 is 9.51 Å². The molecule has 0 bridgehead atoms. The van der Waals surface area contributed by atoms with Gasteiger partial charge in [-0.2, -0.15) is 5.26 Å². The Balaban J connectivity index is 1.84. The number of halogens is 1. The van der Waals surface area contributed by atoms with Gasteiger partial charge in [0.15, 0.2) is 0 Å². The fraction of sp³-hybridized carbons (Fsp3) is 0.130. The Hall–Kier alpha value is -3.54. The molecular formula is C23H18ClN3O4S. The van der Waals surface area contributed by atoms with E-state index >= 15 is 0 Å². The van der Waals surface area contributed by atoms with Crippen LogP contribution in [0.5, 0.6) is 0 Å². The molecule has 4 aromatic rings. The molecular weight excluding hydrogens is 450 g/mol. The van der Waals surface area contributed by atoms with Crippen LogP contribution in [0.4, 0.5) is 0 Å². The van der Waals surface area contributed by atoms with Gasteiger partial charge in [-0.05, 0) is 66.6 Å². The lowest BCUT2D eigenvalue weighted by atomic mass is 10.1. The largest absolute Gasteiger partial charge is 0.481 e. The Morgan fingerprint density at radius 1 is 1.16 bits per heavy atom. The van der Waals surface area contributed by atoms with E-state index < -0.39 is 16.0 Å². The maximum atomic E-state index is 13.2. The second-order valence-electron chi connectivity index (χ2n) is 7.34. The van der Waals surface area contributed by atoms with Crippen LogP contribution in [-0.2, 0) is 27.7 Å². The number of aliphatic carboxylic acids is 1. The predicted molar refractivity (Wildman–Crippen MR) is 119 cm³/mol. The highest BCUT2D eigenvalue weighted by molar-refractivity contribution is 7.90. The molecule has 4 rings (SSSR count). The van der Waals surface area contributed by atoms with Gasteiger partial charge in [0.25, 0.3) is 10.0 Å². The number of carboxylic acids is 1. The smallest absolute Gasteiger partial charge is 0.307 e. The minimum atomic E-state index is -3.85. The molecule has 1 N–H and O–H groups in total. The first-order valence-corrected chi connectivity index (χ1v) is 11.5. The molecule has 0 aliphatic heterocycles. The van der Waals surface area contributed by atoms with E-state index in [-0.39, 0.29) is 17.7 Å². The third-order valence-electron chi connectivity index (χ3n) is 5.40. The normalized spacial score (nSPS) is 11.5. The van der Waals surface area contributed by atoms with Gasteiger partial charge >= 0.3 is 5.97 Å². The van der Waals surface area contributed by atoms with Gasteiger partial charge in [0, 0.05) is 40.7 Å². The minimum absolute atomic E-state index is 0.106. The first-order chi connectivity index (χ1) is 15.2. The number of rotatable bonds is 6. The molecule has 0 amide bonds. The third-order valence-corrected chi connectivity index (χ3v) is 7.40. The highest BCUT2D eigenvalue weighted by Crippen LogP contribution is 2.28. The van der Waals surface area contributed by atoms with E-state index in [0.29, 0.717) is 27.4 Å². The Labute approximate surface area is 189 Å². The molecule has 0 radical (unpaired) electrons. The van der Waals surface area contributed by atoms with Crippen molar-refractivity contribution < 1.29 is 18.3 Å². The Morgan fingerprint density at radius 2 is 1.88 bits per heavy atom. The van der Waals surface area contributed by atoms with Crippen molar-refractivity contribution >= 4 is 33.1 Å². The van der Waals surface area contributed by atoms with Crippen LogP contribution in [0.15, 0.2) is 65.8 Å². The highest BCUT2D eigenvalue weighted by atomic mass is 35.5. The van der Waals surface area contributed by atoms with Gasteiger partial charge in [-0.15, -0.1) is 0 Å². The molecule has 1 aromatic carbocycles. The molecule has 0 spiro atoms. The fourth-order valence-corrected chi connectivity index (χ4v) is 5.34. The summed E-state index contributed by atoms with van der Waals surface area (Å²) in [5.74, 6) is -0.967. The fourth-order valence-electron chi connectivity index (χ4n) is 3.84. The number of nitriles is 1. The van der Waals surface area contributed by atoms with Crippen molar-refractivity contribution in [2.24, 2.45) is 0 Å². The van der Waals surface area contributed by atoms with Crippen LogP contribution in [-0.4, -0.2) is 27.9 Å². The third kappa shape index (κ3) is 3.77. The van der Waals surface area contributed by atoms with Crippen LogP contribution in [0.1, 0.15) is 28.1 Å². The van der Waals surface area contributed by atoms with E-state index in [9.17, 15) is 23.6 Å². The van der Waals surface area contributed by atoms with E-state index in [2.05, 4.69) is 6.07 Å². The molecule has 0 aliphatic carbocycles. The second-order valence-corrected chi connectivity index (χ2v) is 9.59. The van der Waals surface area contributed by atoms with Gasteiger partial charge in [0.1, 0.15) is 6.07 Å². The lowest BCUT2D eigenvalue weighted by Gasteiger charge is -2.12. The molecule has 7 nitrogen and oxygen atoms in total. The summed E-state index contributed by atoms with van der Waals surface area (Å²) >= 11 is 5.89. The van der Waals surface area contributed by atoms with Crippen molar-refractivity contribution in [1.82, 2.24) is 8.37 Å². The minimum Gasteiger partial charge on any atom is -0.481 e. The molecule has 0 aliphatic rings. The zero-order valence-corrected chi connectivity index (χ0v) is 18.6. The van der Waals surface area contributed by atoms with E-state index in [1.807, 2.05) is 6.92 Å². The monoisotopic (exact) mass is 467 g/mol. The van der Waals surface area contributed by atoms with Crippen LogP contribution in [0.25, 0.3) is 5.52 Å². The molecule has 0 atom stereocenters. The van der Waals surface area contributed by atoms with Crippen molar-refractivity contribution in [3.05, 3.63) is 94.0 Å². The standard InChI is InChI=1S/C23H18ClN3O4S/c1-15-20(12-23(28)29)21-9-4-16(13-25)14-26(21)22(15)11-18-3-2-10-27(18)32(30,31)19-7-5-17(24)6-8-19/h2-10,14H,11-12H2,1H3,(H,28,29). The first-order valence-electron chi connectivity index (χ1n) is 9.64. The van der Waals surface area contributed by atoms with Gasteiger partial charge in [0.2, 0.25) is 0 Å². The van der Waals surface area contributed by atoms with Crippen molar-refractivity contribution in [1.29, 1.82) is 5.26 Å². The molecule has 9 heteroatoms. The molecule has 0 fully saturated rings. The van der Waals surface area contributed by atoms with E-state index in [1.165, 1.54) is 34.4 Å². The van der Waals surface area contributed by atoms with Crippen molar-refractivity contribution in [2.75, 3.05) is 0 Å². The van der Waals surface area contributed by atoms with Crippen molar-refractivity contribution in [2.45, 2.75) is 24.7 Å². The number of pyridine rings is 1. The highest BCUT2D eigenvalue weighted by Gasteiger charge is 2.23. The lowest BCUT2D eigenvalue weighted by molar-refractivity contribution is -0.136. The van der Waals surface area contributed by atoms with Crippen LogP contribution < -0.4 is 0 Å². The molecule has 0 saturated heterocycles. The van der Waals surface area contributed by atoms with E-state index in [1.54, 1.807) is 34.9 Å². The van der Waals surface area contributed by atoms with Gasteiger partial charge in [0.05, 0.1) is 16.9 Å². The molecule has 3 aromatic heterocycles. The summed E-state index contributed by atoms with van der Waals surface area (Å²) in [7, 11) is -3.85. The molecule has 3 heterocycles. The summed E-state index contributed by atoms with van der Waals surface area (Å²) in [5.41, 5.74) is 3.71. The summed E-state index contributed by atoms with van der Waals surface area (Å²) in [6, 6.07) is 14.7. The summed E-state index contributed by atoms with van der Waals surface area (Å²) in [5, 5.41) is 19.1. The number of hydrogen-bond acceptors (Lipinski definition) is 4. The Morgan fingerprint density at radius 3 is 2.53 bits per heavy atom. The molecule has 0 unspecified atom stereocenters. The van der Waals surface area contributed by atoms with Crippen LogP contribution in [0.2, 0.25) is 5.02 Å². The van der Waals surface area contributed by atoms with Crippen molar-refractivity contribution in [3.8, 4) is 6.07 Å². The predicted octanol–water partition coefficient (Wildman–Crippen LogP) is 4.03. The topological polar surface area (TPSA) is 105 Å². The maximum Gasteiger partial charge on any atom is 0.307 e. The Bertz CT molecular complexity index is 1490. The second kappa shape index (κ2) is 8.19. The molecule has 162 valence electrons. The first kappa shape index (κ1) is 21.7. The van der Waals surface area contributed by atoms with Crippen LogP contribution >= 0.6 is 11.6 Å². The number of aromatic nitrogens is 2. The lowest BCUT2D eigenvalue weighted by Crippen LogP contribution is -2.15. The maximum absolute atomic E-state index is 13.2. The number of carboxylic acid groups (broad SMARTS) is 1. The number of carbonyl (C=O) groups is 1. The average molecular weight is 468 g/mol. The van der Waals surface area contributed by atoms with Crippen molar-refractivity contribution in [3.63, 3.8) is 0 Å². The number of benzene rings is 1. The van der Waals surface area contributed by atoms with Crippen LogP contribution in [0.3, 0.4) is 0 Å². The number of nitrogens with zero attached hydrogens (tertiary/aromatic N) is 3. The molecule has 32 heavy (non-hydrogen) atoms. The van der Waals surface area contributed by atoms with E-state index in [4.69, 9.17) is 11.6 Å². The number of hydrogen-bond donors (Lipinski definition) is 1.